The number of amides is 1. The summed E-state index contributed by atoms with van der Waals surface area (Å²) in [6, 6.07) is 6.67. The number of thiophene rings is 1. The Balaban J connectivity index is 1.66. The van der Waals surface area contributed by atoms with E-state index in [1.165, 1.54) is 20.5 Å². The van der Waals surface area contributed by atoms with E-state index in [1.54, 1.807) is 24.3 Å². The minimum Gasteiger partial charge on any atom is -0.341 e. The van der Waals surface area contributed by atoms with Crippen molar-refractivity contribution in [3.8, 4) is 5.69 Å². The van der Waals surface area contributed by atoms with Gasteiger partial charge in [-0.1, -0.05) is 25.4 Å². The van der Waals surface area contributed by atoms with Crippen LogP contribution < -0.4 is 11.2 Å². The van der Waals surface area contributed by atoms with Gasteiger partial charge in [0, 0.05) is 23.0 Å². The molecular formula is C24H26ClN3O3S. The Morgan fingerprint density at radius 2 is 1.78 bits per heavy atom. The number of halogens is 1. The number of carbonyl (C=O) groups is 1. The van der Waals surface area contributed by atoms with E-state index in [-0.39, 0.29) is 18.0 Å². The van der Waals surface area contributed by atoms with Crippen LogP contribution in [-0.4, -0.2) is 33.0 Å². The predicted molar refractivity (Wildman–Crippen MR) is 128 cm³/mol. The number of nitrogens with zero attached hydrogens (tertiary/aromatic N) is 3. The zero-order valence-electron chi connectivity index (χ0n) is 18.3. The van der Waals surface area contributed by atoms with Gasteiger partial charge in [0.25, 0.3) is 5.56 Å². The van der Waals surface area contributed by atoms with Gasteiger partial charge in [-0.05, 0) is 67.3 Å². The summed E-state index contributed by atoms with van der Waals surface area (Å²) in [7, 11) is 0. The number of benzene rings is 1. The van der Waals surface area contributed by atoms with Crippen LogP contribution in [0.2, 0.25) is 5.02 Å². The Morgan fingerprint density at radius 1 is 1.09 bits per heavy atom. The lowest BCUT2D eigenvalue weighted by atomic mass is 9.92. The highest BCUT2D eigenvalue weighted by atomic mass is 35.5. The van der Waals surface area contributed by atoms with Crippen LogP contribution in [0.3, 0.4) is 0 Å². The predicted octanol–water partition coefficient (Wildman–Crippen LogP) is 3.86. The molecule has 5 rings (SSSR count). The van der Waals surface area contributed by atoms with Crippen LogP contribution in [0.1, 0.15) is 37.1 Å². The van der Waals surface area contributed by atoms with E-state index in [9.17, 15) is 14.4 Å². The second-order valence-electron chi connectivity index (χ2n) is 9.27. The zero-order chi connectivity index (χ0) is 22.6. The van der Waals surface area contributed by atoms with E-state index in [0.29, 0.717) is 45.9 Å². The summed E-state index contributed by atoms with van der Waals surface area (Å²) >= 11 is 7.52. The van der Waals surface area contributed by atoms with Crippen molar-refractivity contribution < 1.29 is 4.79 Å². The summed E-state index contributed by atoms with van der Waals surface area (Å²) in [5.74, 6) is 0.808. The number of aryl methyl sites for hydroxylation is 2. The maximum Gasteiger partial charge on any atom is 0.337 e. The molecule has 1 fully saturated rings. The Labute approximate surface area is 195 Å². The second-order valence-corrected chi connectivity index (χ2v) is 10.8. The molecule has 0 radical (unpaired) electrons. The number of likely N-dealkylation sites (tertiary alicyclic amines) is 1. The van der Waals surface area contributed by atoms with Crippen LogP contribution in [0.5, 0.6) is 0 Å². The Hall–Kier alpha value is -2.38. The maximum absolute atomic E-state index is 13.6. The first-order chi connectivity index (χ1) is 15.3. The average Bonchev–Trinajstić information content (AvgIpc) is 3.33. The lowest BCUT2D eigenvalue weighted by Crippen LogP contribution is -2.46. The molecule has 6 nitrogen and oxygen atoms in total. The van der Waals surface area contributed by atoms with Gasteiger partial charge in [0.1, 0.15) is 11.4 Å². The molecule has 1 aromatic carbocycles. The minimum atomic E-state index is -0.476. The molecule has 168 valence electrons. The van der Waals surface area contributed by atoms with E-state index >= 15 is 0 Å². The van der Waals surface area contributed by atoms with Crippen molar-refractivity contribution in [2.75, 3.05) is 13.1 Å². The van der Waals surface area contributed by atoms with Crippen LogP contribution in [0.4, 0.5) is 0 Å². The second kappa shape index (κ2) is 8.19. The molecule has 3 heterocycles. The van der Waals surface area contributed by atoms with Gasteiger partial charge in [0.2, 0.25) is 5.91 Å². The van der Waals surface area contributed by atoms with Gasteiger partial charge in [-0.3, -0.25) is 14.2 Å². The largest absolute Gasteiger partial charge is 0.341 e. The molecule has 8 heteroatoms. The number of hydrogen-bond donors (Lipinski definition) is 0. The van der Waals surface area contributed by atoms with E-state index in [2.05, 4.69) is 13.8 Å². The summed E-state index contributed by atoms with van der Waals surface area (Å²) in [5.41, 5.74) is 0.719. The molecule has 1 aliphatic carbocycles. The van der Waals surface area contributed by atoms with Crippen molar-refractivity contribution in [1.29, 1.82) is 0 Å². The van der Waals surface area contributed by atoms with Crippen LogP contribution >= 0.6 is 22.9 Å². The highest BCUT2D eigenvalue weighted by Crippen LogP contribution is 2.35. The Kier molecular flexibility index (Phi) is 5.50. The van der Waals surface area contributed by atoms with Crippen molar-refractivity contribution in [3.63, 3.8) is 0 Å². The lowest BCUT2D eigenvalue weighted by Gasteiger charge is -2.35. The molecule has 0 bridgehead atoms. The fraction of sp³-hybridized carbons (Fsp3) is 0.458. The van der Waals surface area contributed by atoms with Gasteiger partial charge in [-0.25, -0.2) is 9.36 Å². The third-order valence-electron chi connectivity index (χ3n) is 6.59. The average molecular weight is 472 g/mol. The zero-order valence-corrected chi connectivity index (χ0v) is 19.8. The summed E-state index contributed by atoms with van der Waals surface area (Å²) in [6.45, 7) is 5.68. The number of carbonyl (C=O) groups excluding carboxylic acids is 1. The highest BCUT2D eigenvalue weighted by molar-refractivity contribution is 7.19. The van der Waals surface area contributed by atoms with Gasteiger partial charge in [-0.2, -0.15) is 0 Å². The molecular weight excluding hydrogens is 446 g/mol. The summed E-state index contributed by atoms with van der Waals surface area (Å²) in [4.78, 5) is 44.0. The molecule has 0 N–H and O–H groups in total. The van der Waals surface area contributed by atoms with Crippen molar-refractivity contribution in [2.45, 2.75) is 46.1 Å². The summed E-state index contributed by atoms with van der Waals surface area (Å²) in [5, 5.41) is 1.12. The van der Waals surface area contributed by atoms with Gasteiger partial charge < -0.3 is 4.90 Å². The fourth-order valence-electron chi connectivity index (χ4n) is 5.27. The summed E-state index contributed by atoms with van der Waals surface area (Å²) in [6.07, 6.45) is 3.86. The van der Waals surface area contributed by atoms with E-state index in [1.807, 2.05) is 4.90 Å². The quantitative estimate of drug-likeness (QED) is 0.582. The van der Waals surface area contributed by atoms with Gasteiger partial charge in [0.15, 0.2) is 0 Å². The molecule has 2 aromatic heterocycles. The molecule has 2 aliphatic rings. The van der Waals surface area contributed by atoms with Crippen molar-refractivity contribution in [1.82, 2.24) is 14.0 Å². The van der Waals surface area contributed by atoms with Crippen molar-refractivity contribution >= 4 is 39.1 Å². The Bertz CT molecular complexity index is 1310. The smallest absolute Gasteiger partial charge is 0.337 e. The molecule has 32 heavy (non-hydrogen) atoms. The molecule has 1 amide bonds. The number of piperidine rings is 1. The molecule has 2 atom stereocenters. The molecule has 1 aliphatic heterocycles. The third-order valence-corrected chi connectivity index (χ3v) is 8.15. The SMILES string of the molecule is CC1CC(C)CN(C(=O)Cn2c(=O)n(-c3ccc(Cl)cc3)c(=O)c3c4c(sc32)CCC4)C1. The van der Waals surface area contributed by atoms with Gasteiger partial charge in [-0.15, -0.1) is 11.3 Å². The number of hydrogen-bond acceptors (Lipinski definition) is 4. The molecule has 2 unspecified atom stereocenters. The minimum absolute atomic E-state index is 0.0535. The normalized spacial score (nSPS) is 20.7. The number of fused-ring (bicyclic) bond motifs is 3. The molecule has 0 saturated carbocycles. The number of aromatic nitrogens is 2. The summed E-state index contributed by atoms with van der Waals surface area (Å²) < 4.78 is 2.71. The first-order valence-corrected chi connectivity index (χ1v) is 12.4. The van der Waals surface area contributed by atoms with E-state index in [4.69, 9.17) is 11.6 Å². The van der Waals surface area contributed by atoms with Gasteiger partial charge >= 0.3 is 5.69 Å². The van der Waals surface area contributed by atoms with Crippen LogP contribution in [0.15, 0.2) is 33.9 Å². The standard InChI is InChI=1S/C24H26ClN3O3S/c1-14-10-15(2)12-26(11-14)20(29)13-27-23-21(18-4-3-5-19(18)32-23)22(30)28(24(27)31)17-8-6-16(25)7-9-17/h6-9,14-15H,3-5,10-13H2,1-2H3. The van der Waals surface area contributed by atoms with Crippen molar-refractivity contribution in [3.05, 3.63) is 60.6 Å². The van der Waals surface area contributed by atoms with Crippen LogP contribution in [0, 0.1) is 11.8 Å². The molecule has 1 saturated heterocycles. The number of rotatable bonds is 3. The molecule has 0 spiro atoms. The van der Waals surface area contributed by atoms with Crippen LogP contribution in [0.25, 0.3) is 15.9 Å². The first-order valence-electron chi connectivity index (χ1n) is 11.2. The lowest BCUT2D eigenvalue weighted by molar-refractivity contribution is -0.134. The fourth-order valence-corrected chi connectivity index (χ4v) is 6.76. The highest BCUT2D eigenvalue weighted by Gasteiger charge is 2.29. The Morgan fingerprint density at radius 3 is 2.47 bits per heavy atom. The van der Waals surface area contributed by atoms with Crippen molar-refractivity contribution in [2.24, 2.45) is 11.8 Å². The van der Waals surface area contributed by atoms with Crippen LogP contribution in [-0.2, 0) is 24.2 Å². The monoisotopic (exact) mass is 471 g/mol. The first kappa shape index (κ1) is 21.5. The third kappa shape index (κ3) is 3.61. The topological polar surface area (TPSA) is 64.3 Å². The molecule has 3 aromatic rings. The van der Waals surface area contributed by atoms with E-state index < -0.39 is 5.69 Å². The van der Waals surface area contributed by atoms with E-state index in [0.717, 1.165) is 36.1 Å². The van der Waals surface area contributed by atoms with Gasteiger partial charge in [0.05, 0.1) is 11.1 Å². The maximum atomic E-state index is 13.6.